The quantitative estimate of drug-likeness (QED) is 0.592. The molecule has 0 radical (unpaired) electrons. The monoisotopic (exact) mass is 328 g/mol. The second-order valence-electron chi connectivity index (χ2n) is 6.06. The van der Waals surface area contributed by atoms with Crippen molar-refractivity contribution in [3.63, 3.8) is 0 Å². The molecule has 120 valence electrons. The average molecular weight is 328 g/mol. The van der Waals surface area contributed by atoms with Crippen LogP contribution in [0, 0.1) is 5.66 Å². The van der Waals surface area contributed by atoms with Gasteiger partial charge in [-0.3, -0.25) is 0 Å². The second-order valence-corrected chi connectivity index (χ2v) is 7.92. The first-order valence-corrected chi connectivity index (χ1v) is 9.32. The zero-order chi connectivity index (χ0) is 16.2. The van der Waals surface area contributed by atoms with Crippen molar-refractivity contribution in [3.8, 4) is 0 Å². The van der Waals surface area contributed by atoms with Gasteiger partial charge in [-0.2, -0.15) is 0 Å². The number of fused-ring (bicyclic) bond motifs is 2. The van der Waals surface area contributed by atoms with Gasteiger partial charge < -0.3 is 9.79 Å². The Labute approximate surface area is 137 Å². The van der Waals surface area contributed by atoms with Crippen molar-refractivity contribution in [2.45, 2.75) is 26.1 Å². The molecule has 2 unspecified atom stereocenters. The van der Waals surface area contributed by atoms with Crippen molar-refractivity contribution >= 4 is 19.3 Å². The minimum atomic E-state index is -3.36. The van der Waals surface area contributed by atoms with E-state index in [1.807, 2.05) is 69.4 Å². The summed E-state index contributed by atoms with van der Waals surface area (Å²) in [5.41, 5.74) is 4.53. The van der Waals surface area contributed by atoms with Gasteiger partial charge in [0.25, 0.3) is 0 Å². The van der Waals surface area contributed by atoms with E-state index in [1.54, 1.807) is 0 Å². The van der Waals surface area contributed by atoms with Crippen molar-refractivity contribution in [3.05, 3.63) is 65.3 Å². The highest BCUT2D eigenvalue weighted by molar-refractivity contribution is 7.63. The first-order valence-electron chi connectivity index (χ1n) is 7.78. The summed E-state index contributed by atoms with van der Waals surface area (Å²) in [6.07, 6.45) is -0.375. The standard InChI is InChI=1S/C18H19NO3P/c1-12-13(2)22-23(20,21-12)18-14-8-4-6-10-16(14)19(3)17-11-7-5-9-15(17)18/h4-13H,1-3H3/q-1. The molecule has 2 aromatic carbocycles. The molecule has 2 aromatic rings. The third kappa shape index (κ3) is 2.18. The molecule has 1 saturated heterocycles. The van der Waals surface area contributed by atoms with Crippen molar-refractivity contribution in [2.24, 2.45) is 0 Å². The molecule has 0 amide bonds. The molecule has 0 N–H and O–H groups in total. The van der Waals surface area contributed by atoms with Gasteiger partial charge in [0.2, 0.25) is 7.94 Å². The summed E-state index contributed by atoms with van der Waals surface area (Å²) in [4.78, 5) is 15.6. The number of anilines is 2. The molecule has 5 heteroatoms. The van der Waals surface area contributed by atoms with Gasteiger partial charge in [0, 0.05) is 0 Å². The Morgan fingerprint density at radius 3 is 1.83 bits per heavy atom. The van der Waals surface area contributed by atoms with E-state index in [9.17, 15) is 4.89 Å². The third-order valence-corrected chi connectivity index (χ3v) is 6.84. The zero-order valence-corrected chi connectivity index (χ0v) is 14.3. The summed E-state index contributed by atoms with van der Waals surface area (Å²) in [6, 6.07) is 15.9. The fourth-order valence-corrected chi connectivity index (χ4v) is 5.69. The van der Waals surface area contributed by atoms with Gasteiger partial charge in [-0.05, 0) is 32.3 Å². The third-order valence-electron chi connectivity index (χ3n) is 4.59. The van der Waals surface area contributed by atoms with Crippen LogP contribution in [-0.4, -0.2) is 19.3 Å². The predicted molar refractivity (Wildman–Crippen MR) is 90.4 cm³/mol. The Bertz CT molecular complexity index is 693. The van der Waals surface area contributed by atoms with Crippen LogP contribution in [0.15, 0.2) is 48.5 Å². The first kappa shape index (κ1) is 15.0. The highest BCUT2D eigenvalue weighted by atomic mass is 31.2. The van der Waals surface area contributed by atoms with Crippen LogP contribution >= 0.6 is 7.94 Å². The van der Waals surface area contributed by atoms with E-state index in [0.717, 1.165) is 22.5 Å². The summed E-state index contributed by atoms with van der Waals surface area (Å²) < 4.78 is 11.7. The van der Waals surface area contributed by atoms with Gasteiger partial charge in [-0.1, -0.05) is 47.5 Å². The molecular weight excluding hydrogens is 309 g/mol. The SMILES string of the molecule is CC1O[P+]([O-])([C-]2c3ccccc3N(C)c3ccccc32)OC1C. The molecule has 0 spiro atoms. The number of para-hydroxylation sites is 2. The maximum absolute atomic E-state index is 13.5. The van der Waals surface area contributed by atoms with Crippen LogP contribution in [-0.2, 0) is 9.05 Å². The number of hydrogen-bond acceptors (Lipinski definition) is 4. The van der Waals surface area contributed by atoms with E-state index < -0.39 is 7.94 Å². The molecule has 2 heterocycles. The van der Waals surface area contributed by atoms with Crippen molar-refractivity contribution in [1.82, 2.24) is 0 Å². The Morgan fingerprint density at radius 2 is 1.35 bits per heavy atom. The first-order chi connectivity index (χ1) is 11.0. The van der Waals surface area contributed by atoms with Crippen molar-refractivity contribution in [1.29, 1.82) is 0 Å². The normalized spacial score (nSPS) is 29.4. The van der Waals surface area contributed by atoms with Crippen molar-refractivity contribution in [2.75, 3.05) is 11.9 Å². The highest BCUT2D eigenvalue weighted by Crippen LogP contribution is 2.73. The Morgan fingerprint density at radius 1 is 0.913 bits per heavy atom. The minimum absolute atomic E-state index is 0.188. The summed E-state index contributed by atoms with van der Waals surface area (Å²) in [5, 5.41) is 0. The molecule has 2 atom stereocenters. The number of hydrogen-bond donors (Lipinski definition) is 0. The molecular formula is C18H19NO3P-. The van der Waals surface area contributed by atoms with E-state index in [-0.39, 0.29) is 12.2 Å². The molecule has 2 aliphatic heterocycles. The smallest absolute Gasteiger partial charge is 0.241 e. The van der Waals surface area contributed by atoms with E-state index in [1.165, 1.54) is 0 Å². The van der Waals surface area contributed by atoms with Crippen LogP contribution in [0.3, 0.4) is 0 Å². The number of nitrogens with zero attached hydrogens (tertiary/aromatic N) is 1. The van der Waals surface area contributed by atoms with Gasteiger partial charge in [-0.15, -0.1) is 12.1 Å². The molecule has 2 aliphatic rings. The Kier molecular flexibility index (Phi) is 3.40. The minimum Gasteiger partial charge on any atom is -0.633 e. The van der Waals surface area contributed by atoms with Crippen LogP contribution in [0.2, 0.25) is 0 Å². The van der Waals surface area contributed by atoms with Crippen LogP contribution in [0.4, 0.5) is 11.4 Å². The number of benzene rings is 2. The maximum atomic E-state index is 13.5. The van der Waals surface area contributed by atoms with Gasteiger partial charge in [-0.25, -0.2) is 9.05 Å². The lowest BCUT2D eigenvalue weighted by molar-refractivity contribution is -0.207. The van der Waals surface area contributed by atoms with Gasteiger partial charge in [0.05, 0.1) is 5.66 Å². The molecule has 4 rings (SSSR count). The summed E-state index contributed by atoms with van der Waals surface area (Å²) in [5.74, 6) is 0. The van der Waals surface area contributed by atoms with Gasteiger partial charge >= 0.3 is 0 Å². The summed E-state index contributed by atoms with van der Waals surface area (Å²) >= 11 is 0. The Balaban J connectivity index is 1.92. The molecule has 1 fully saturated rings. The van der Waals surface area contributed by atoms with E-state index >= 15 is 0 Å². The summed E-state index contributed by atoms with van der Waals surface area (Å²) in [6.45, 7) is 3.80. The van der Waals surface area contributed by atoms with Crippen LogP contribution in [0.25, 0.3) is 0 Å². The molecule has 0 aromatic heterocycles. The van der Waals surface area contributed by atoms with Crippen LogP contribution in [0.5, 0.6) is 0 Å². The predicted octanol–water partition coefficient (Wildman–Crippen LogP) is 3.64. The van der Waals surface area contributed by atoms with E-state index in [0.29, 0.717) is 5.66 Å². The largest absolute Gasteiger partial charge is 0.633 e. The molecule has 23 heavy (non-hydrogen) atoms. The lowest BCUT2D eigenvalue weighted by Crippen LogP contribution is -2.27. The Hall–Kier alpha value is -1.58. The van der Waals surface area contributed by atoms with Crippen LogP contribution < -0.4 is 9.79 Å². The molecule has 0 bridgehead atoms. The average Bonchev–Trinajstić information content (AvgIpc) is 2.81. The fraction of sp³-hybridized carbons (Fsp3) is 0.278. The summed E-state index contributed by atoms with van der Waals surface area (Å²) in [7, 11) is -1.34. The van der Waals surface area contributed by atoms with E-state index in [4.69, 9.17) is 9.05 Å². The topological polar surface area (TPSA) is 44.8 Å². The maximum Gasteiger partial charge on any atom is 0.241 e. The molecule has 4 nitrogen and oxygen atoms in total. The lowest BCUT2D eigenvalue weighted by Gasteiger charge is -2.44. The molecule has 0 aliphatic carbocycles. The number of rotatable bonds is 1. The van der Waals surface area contributed by atoms with Crippen LogP contribution in [0.1, 0.15) is 25.0 Å². The fourth-order valence-electron chi connectivity index (χ4n) is 3.24. The van der Waals surface area contributed by atoms with Crippen molar-refractivity contribution < 1.29 is 13.9 Å². The lowest BCUT2D eigenvalue weighted by atomic mass is 9.95. The molecule has 0 saturated carbocycles. The zero-order valence-electron chi connectivity index (χ0n) is 13.4. The van der Waals surface area contributed by atoms with Gasteiger partial charge in [0.15, 0.2) is 0 Å². The second kappa shape index (κ2) is 5.22. The van der Waals surface area contributed by atoms with Gasteiger partial charge in [0.1, 0.15) is 12.2 Å². The highest BCUT2D eigenvalue weighted by Gasteiger charge is 2.52. The van der Waals surface area contributed by atoms with E-state index in [2.05, 4.69) is 4.90 Å².